The third-order valence-electron chi connectivity index (χ3n) is 10.6. The fraction of sp³-hybridized carbons (Fsp3) is 0. The minimum atomic E-state index is 0.577. The monoisotopic (exact) mass is 712 g/mol. The van der Waals surface area contributed by atoms with E-state index in [1.807, 2.05) is 42.5 Å². The van der Waals surface area contributed by atoms with Crippen LogP contribution in [-0.4, -0.2) is 15.0 Å². The fourth-order valence-electron chi connectivity index (χ4n) is 7.96. The second-order valence-corrected chi connectivity index (χ2v) is 13.9. The van der Waals surface area contributed by atoms with Crippen LogP contribution in [0.1, 0.15) is 5.56 Å². The summed E-state index contributed by atoms with van der Waals surface area (Å²) in [6, 6.07) is 69.2. The van der Waals surface area contributed by atoms with Crippen molar-refractivity contribution in [3.8, 4) is 73.6 Å². The summed E-state index contributed by atoms with van der Waals surface area (Å²) in [4.78, 5) is 16.1. The van der Waals surface area contributed by atoms with Crippen LogP contribution in [0.5, 0.6) is 0 Å². The summed E-state index contributed by atoms with van der Waals surface area (Å²) in [6.07, 6.45) is 0. The molecule has 0 aliphatic rings. The van der Waals surface area contributed by atoms with E-state index in [1.54, 1.807) is 0 Å². The largest absolute Gasteiger partial charge is 0.208 e. The molecule has 0 saturated heterocycles. The average Bonchev–Trinajstić information content (AvgIpc) is 3.28. The minimum absolute atomic E-state index is 0.577. The molecule has 0 bridgehead atoms. The van der Waals surface area contributed by atoms with Crippen molar-refractivity contribution >= 4 is 32.3 Å². The highest BCUT2D eigenvalue weighted by Crippen LogP contribution is 2.46. The molecular weight excluding hydrogens is 681 g/mol. The number of fused-ring (bicyclic) bond motifs is 4. The van der Waals surface area contributed by atoms with Crippen molar-refractivity contribution in [3.05, 3.63) is 200 Å². The molecule has 4 heteroatoms. The molecule has 0 fully saturated rings. The van der Waals surface area contributed by atoms with E-state index in [0.717, 1.165) is 76.8 Å². The van der Waals surface area contributed by atoms with E-state index >= 15 is 0 Å². The average molecular weight is 713 g/mol. The summed E-state index contributed by atoms with van der Waals surface area (Å²) in [5.74, 6) is 1.78. The summed E-state index contributed by atoms with van der Waals surface area (Å²) >= 11 is 0. The smallest absolute Gasteiger partial charge is 0.165 e. The van der Waals surface area contributed by atoms with Gasteiger partial charge in [-0.15, -0.1) is 0 Å². The Morgan fingerprint density at radius 3 is 1.66 bits per heavy atom. The lowest BCUT2D eigenvalue weighted by Crippen LogP contribution is -2.02. The Bertz CT molecular complexity index is 3130. The molecule has 10 rings (SSSR count). The van der Waals surface area contributed by atoms with E-state index in [4.69, 9.17) is 15.0 Å². The molecule has 0 aliphatic heterocycles. The fourth-order valence-corrected chi connectivity index (χ4v) is 7.96. The topological polar surface area (TPSA) is 62.5 Å². The van der Waals surface area contributed by atoms with Gasteiger partial charge in [-0.3, -0.25) is 0 Å². The van der Waals surface area contributed by atoms with Crippen LogP contribution >= 0.6 is 0 Å². The predicted octanol–water partition coefficient (Wildman–Crippen LogP) is 13.2. The number of hydrogen-bond acceptors (Lipinski definition) is 4. The van der Waals surface area contributed by atoms with Crippen molar-refractivity contribution in [2.45, 2.75) is 0 Å². The maximum atomic E-state index is 9.42. The summed E-state index contributed by atoms with van der Waals surface area (Å²) in [7, 11) is 0. The van der Waals surface area contributed by atoms with Gasteiger partial charge in [0.15, 0.2) is 17.5 Å². The van der Waals surface area contributed by atoms with Crippen LogP contribution < -0.4 is 0 Å². The lowest BCUT2D eigenvalue weighted by Gasteiger charge is -2.19. The number of rotatable bonds is 6. The van der Waals surface area contributed by atoms with Gasteiger partial charge >= 0.3 is 0 Å². The first-order valence-corrected chi connectivity index (χ1v) is 18.7. The lowest BCUT2D eigenvalue weighted by atomic mass is 9.86. The van der Waals surface area contributed by atoms with Crippen molar-refractivity contribution in [2.75, 3.05) is 0 Å². The number of hydrogen-bond donors (Lipinski definition) is 0. The molecule has 10 aromatic rings. The van der Waals surface area contributed by atoms with Gasteiger partial charge in [-0.05, 0) is 78.5 Å². The van der Waals surface area contributed by atoms with E-state index in [1.165, 1.54) is 5.56 Å². The Hall–Kier alpha value is -7.74. The molecule has 0 spiro atoms. The summed E-state index contributed by atoms with van der Waals surface area (Å²) in [6.45, 7) is 0. The Labute approximate surface area is 324 Å². The van der Waals surface area contributed by atoms with Gasteiger partial charge in [0.2, 0.25) is 0 Å². The molecule has 56 heavy (non-hydrogen) atoms. The van der Waals surface area contributed by atoms with Gasteiger partial charge < -0.3 is 0 Å². The Balaban J connectivity index is 1.31. The van der Waals surface area contributed by atoms with Crippen LogP contribution in [-0.2, 0) is 0 Å². The van der Waals surface area contributed by atoms with Crippen LogP contribution in [0.3, 0.4) is 0 Å². The SMILES string of the molecule is N#Cc1ccc(-c2cccc(-c3nc(-c4ccccc4-c4ccccc4)nc(-c4c5ccccc5c(-c5ccccc5)c5ccc6ccccc6c45)n3)c2)cc1. The molecule has 0 atom stereocenters. The minimum Gasteiger partial charge on any atom is -0.208 e. The predicted molar refractivity (Wildman–Crippen MR) is 230 cm³/mol. The molecule has 0 unspecified atom stereocenters. The molecule has 0 saturated carbocycles. The quantitative estimate of drug-likeness (QED) is 0.127. The number of aromatic nitrogens is 3. The summed E-state index contributed by atoms with van der Waals surface area (Å²) < 4.78 is 0. The van der Waals surface area contributed by atoms with E-state index in [9.17, 15) is 5.26 Å². The van der Waals surface area contributed by atoms with Gasteiger partial charge in [-0.2, -0.15) is 5.26 Å². The van der Waals surface area contributed by atoms with Crippen molar-refractivity contribution in [2.24, 2.45) is 0 Å². The maximum Gasteiger partial charge on any atom is 0.165 e. The Kier molecular flexibility index (Phi) is 8.17. The van der Waals surface area contributed by atoms with Gasteiger partial charge in [0, 0.05) is 22.1 Å². The van der Waals surface area contributed by atoms with Crippen LogP contribution in [0, 0.1) is 11.3 Å². The molecule has 1 aromatic heterocycles. The van der Waals surface area contributed by atoms with Crippen molar-refractivity contribution in [1.29, 1.82) is 5.26 Å². The molecule has 4 nitrogen and oxygen atoms in total. The highest BCUT2D eigenvalue weighted by atomic mass is 15.0. The highest BCUT2D eigenvalue weighted by Gasteiger charge is 2.23. The van der Waals surface area contributed by atoms with Gasteiger partial charge in [0.25, 0.3) is 0 Å². The summed E-state index contributed by atoms with van der Waals surface area (Å²) in [5, 5.41) is 16.1. The van der Waals surface area contributed by atoms with Crippen LogP contribution in [0.25, 0.3) is 99.9 Å². The molecule has 260 valence electrons. The van der Waals surface area contributed by atoms with Gasteiger partial charge in [0.1, 0.15) is 0 Å². The van der Waals surface area contributed by atoms with Crippen molar-refractivity contribution < 1.29 is 0 Å². The lowest BCUT2D eigenvalue weighted by molar-refractivity contribution is 1.08. The number of benzene rings is 9. The number of nitriles is 1. The zero-order chi connectivity index (χ0) is 37.4. The van der Waals surface area contributed by atoms with E-state index in [2.05, 4.69) is 158 Å². The summed E-state index contributed by atoms with van der Waals surface area (Å²) in [5.41, 5.74) is 9.87. The Morgan fingerprint density at radius 2 is 0.911 bits per heavy atom. The molecular formula is C52H32N4. The number of nitrogens with zero attached hydrogens (tertiary/aromatic N) is 4. The highest BCUT2D eigenvalue weighted by molar-refractivity contribution is 6.27. The maximum absolute atomic E-state index is 9.42. The first-order valence-electron chi connectivity index (χ1n) is 18.7. The van der Waals surface area contributed by atoms with E-state index in [-0.39, 0.29) is 0 Å². The molecule has 0 radical (unpaired) electrons. The van der Waals surface area contributed by atoms with E-state index < -0.39 is 0 Å². The molecule has 0 amide bonds. The van der Waals surface area contributed by atoms with Crippen molar-refractivity contribution in [3.63, 3.8) is 0 Å². The third-order valence-corrected chi connectivity index (χ3v) is 10.6. The molecule has 9 aromatic carbocycles. The molecule has 0 N–H and O–H groups in total. The standard InChI is InChI=1S/C52H32N4/c53-33-34-26-28-35(29-27-34)39-19-13-20-40(32-39)50-54-51(45-25-12-9-21-41(45)36-14-3-1-4-15-36)56-52(55-50)49-44-24-11-10-23-43(44)47(38-17-5-2-6-18-38)46-31-30-37-16-7-8-22-42(37)48(46)49/h1-32H. The Morgan fingerprint density at radius 1 is 0.339 bits per heavy atom. The normalized spacial score (nSPS) is 11.2. The van der Waals surface area contributed by atoms with Crippen LogP contribution in [0.4, 0.5) is 0 Å². The molecule has 1 heterocycles. The van der Waals surface area contributed by atoms with Gasteiger partial charge in [-0.25, -0.2) is 15.0 Å². The second kappa shape index (κ2) is 13.9. The first-order chi connectivity index (χ1) is 27.7. The molecule has 0 aliphatic carbocycles. The second-order valence-electron chi connectivity index (χ2n) is 13.9. The first kappa shape index (κ1) is 32.9. The third kappa shape index (κ3) is 5.76. The van der Waals surface area contributed by atoms with E-state index in [0.29, 0.717) is 23.0 Å². The van der Waals surface area contributed by atoms with Crippen molar-refractivity contribution in [1.82, 2.24) is 15.0 Å². The van der Waals surface area contributed by atoms with Crippen LogP contribution in [0.15, 0.2) is 194 Å². The van der Waals surface area contributed by atoms with Crippen LogP contribution in [0.2, 0.25) is 0 Å². The zero-order valence-electron chi connectivity index (χ0n) is 30.3. The zero-order valence-corrected chi connectivity index (χ0v) is 30.3. The van der Waals surface area contributed by atoms with Gasteiger partial charge in [-0.1, -0.05) is 176 Å². The van der Waals surface area contributed by atoms with Gasteiger partial charge in [0.05, 0.1) is 11.6 Å².